The van der Waals surface area contributed by atoms with Gasteiger partial charge in [0.15, 0.2) is 5.82 Å². The highest BCUT2D eigenvalue weighted by Gasteiger charge is 2.31. The van der Waals surface area contributed by atoms with E-state index < -0.39 is 0 Å². The van der Waals surface area contributed by atoms with Crippen LogP contribution in [0.5, 0.6) is 0 Å². The number of hydrogen-bond donors (Lipinski definition) is 5. The second kappa shape index (κ2) is 12.3. The molecule has 5 N–H and O–H groups in total. The molecule has 2 aromatic heterocycles. The molecule has 12 heteroatoms. The van der Waals surface area contributed by atoms with Crippen LogP contribution in [0.4, 0.5) is 27.2 Å². The number of likely N-dealkylation sites (tertiary alicyclic amines) is 1. The number of carbonyl (C=O) groups excluding carboxylic acids is 2. The van der Waals surface area contributed by atoms with Crippen molar-refractivity contribution in [2.75, 3.05) is 23.7 Å². The third kappa shape index (κ3) is 7.14. The number of aromatic amines is 1. The summed E-state index contributed by atoms with van der Waals surface area (Å²) in [6.07, 6.45) is 13.8. The molecule has 2 aromatic rings. The van der Waals surface area contributed by atoms with Crippen molar-refractivity contribution in [3.8, 4) is 0 Å². The third-order valence-corrected chi connectivity index (χ3v) is 8.58. The number of carbonyl (C=O) groups is 2. The zero-order valence-corrected chi connectivity index (χ0v) is 23.0. The lowest BCUT2D eigenvalue weighted by molar-refractivity contribution is 0.0856. The highest BCUT2D eigenvalue weighted by Crippen LogP contribution is 2.34. The predicted octanol–water partition coefficient (Wildman–Crippen LogP) is 4.39. The monoisotopic (exact) mass is 551 g/mol. The number of anilines is 3. The van der Waals surface area contributed by atoms with Crippen molar-refractivity contribution < 1.29 is 14.3 Å². The fourth-order valence-corrected chi connectivity index (χ4v) is 6.06. The third-order valence-electron chi connectivity index (χ3n) is 8.58. The smallest absolute Gasteiger partial charge is 0.410 e. The first-order chi connectivity index (χ1) is 19.6. The summed E-state index contributed by atoms with van der Waals surface area (Å²) in [6, 6.07) is 4.30. The van der Waals surface area contributed by atoms with Crippen molar-refractivity contribution in [3.63, 3.8) is 0 Å². The van der Waals surface area contributed by atoms with Crippen molar-refractivity contribution in [1.82, 2.24) is 35.7 Å². The molecule has 4 fully saturated rings. The molecule has 3 amide bonds. The van der Waals surface area contributed by atoms with E-state index in [-0.39, 0.29) is 36.4 Å². The van der Waals surface area contributed by atoms with Gasteiger partial charge in [0.1, 0.15) is 11.9 Å². The number of rotatable bonds is 8. The van der Waals surface area contributed by atoms with Gasteiger partial charge >= 0.3 is 12.1 Å². The summed E-state index contributed by atoms with van der Waals surface area (Å²) in [4.78, 5) is 35.5. The molecule has 3 aliphatic carbocycles. The van der Waals surface area contributed by atoms with Crippen LogP contribution >= 0.6 is 0 Å². The van der Waals surface area contributed by atoms with Gasteiger partial charge in [-0.3, -0.25) is 5.10 Å². The highest BCUT2D eigenvalue weighted by molar-refractivity contribution is 5.74. The first kappa shape index (κ1) is 26.6. The van der Waals surface area contributed by atoms with Gasteiger partial charge in [0.05, 0.1) is 0 Å². The Labute approximate surface area is 234 Å². The molecule has 6 rings (SSSR count). The highest BCUT2D eigenvalue weighted by atomic mass is 16.6. The van der Waals surface area contributed by atoms with E-state index in [1.54, 1.807) is 11.1 Å². The van der Waals surface area contributed by atoms with Gasteiger partial charge in [-0.1, -0.05) is 12.8 Å². The molecular weight excluding hydrogens is 510 g/mol. The summed E-state index contributed by atoms with van der Waals surface area (Å²) in [7, 11) is 0. The van der Waals surface area contributed by atoms with Crippen LogP contribution in [0.3, 0.4) is 0 Å². The molecule has 1 saturated heterocycles. The molecule has 3 saturated carbocycles. The second-order valence-electron chi connectivity index (χ2n) is 11.7. The van der Waals surface area contributed by atoms with Crippen LogP contribution in [0, 0.1) is 0 Å². The first-order valence-corrected chi connectivity index (χ1v) is 15.0. The molecule has 0 unspecified atom stereocenters. The summed E-state index contributed by atoms with van der Waals surface area (Å²) >= 11 is 0. The van der Waals surface area contributed by atoms with Crippen LogP contribution in [0.1, 0.15) is 88.7 Å². The lowest BCUT2D eigenvalue weighted by Crippen LogP contribution is -2.51. The Morgan fingerprint density at radius 3 is 2.30 bits per heavy atom. The van der Waals surface area contributed by atoms with Gasteiger partial charge in [-0.05, 0) is 70.3 Å². The molecule has 4 aliphatic rings. The molecule has 0 bridgehead atoms. The van der Waals surface area contributed by atoms with Gasteiger partial charge in [-0.2, -0.15) is 10.1 Å². The van der Waals surface area contributed by atoms with E-state index in [4.69, 9.17) is 4.74 Å². The lowest BCUT2D eigenvalue weighted by atomic mass is 9.91. The molecule has 40 heavy (non-hydrogen) atoms. The Bertz CT molecular complexity index is 1150. The van der Waals surface area contributed by atoms with Crippen LogP contribution < -0.4 is 21.3 Å². The van der Waals surface area contributed by atoms with E-state index in [1.165, 1.54) is 31.4 Å². The maximum Gasteiger partial charge on any atom is 0.410 e. The topological polar surface area (TPSA) is 149 Å². The van der Waals surface area contributed by atoms with E-state index in [9.17, 15) is 9.59 Å². The maximum atomic E-state index is 12.6. The largest absolute Gasteiger partial charge is 0.446 e. The molecule has 12 nitrogen and oxygen atoms in total. The fourth-order valence-electron chi connectivity index (χ4n) is 6.06. The second-order valence-corrected chi connectivity index (χ2v) is 11.7. The fraction of sp³-hybridized carbons (Fsp3) is 0.679. The van der Waals surface area contributed by atoms with Gasteiger partial charge in [0.25, 0.3) is 0 Å². The quantitative estimate of drug-likeness (QED) is 0.324. The zero-order valence-electron chi connectivity index (χ0n) is 23.0. The van der Waals surface area contributed by atoms with E-state index in [0.29, 0.717) is 30.8 Å². The van der Waals surface area contributed by atoms with Crippen molar-refractivity contribution in [2.24, 2.45) is 0 Å². The minimum atomic E-state index is -0.213. The van der Waals surface area contributed by atoms with E-state index in [0.717, 1.165) is 57.2 Å². The number of ether oxygens (including phenoxy) is 1. The zero-order chi connectivity index (χ0) is 27.3. The lowest BCUT2D eigenvalue weighted by Gasteiger charge is -2.33. The van der Waals surface area contributed by atoms with Crippen LogP contribution in [0.2, 0.25) is 0 Å². The minimum Gasteiger partial charge on any atom is -0.446 e. The average molecular weight is 552 g/mol. The summed E-state index contributed by atoms with van der Waals surface area (Å²) in [5.74, 6) is 2.67. The van der Waals surface area contributed by atoms with Crippen LogP contribution in [0.15, 0.2) is 18.3 Å². The van der Waals surface area contributed by atoms with E-state index in [2.05, 4.69) is 47.5 Å². The Kier molecular flexibility index (Phi) is 8.19. The van der Waals surface area contributed by atoms with Crippen molar-refractivity contribution in [1.29, 1.82) is 0 Å². The molecule has 216 valence electrons. The maximum absolute atomic E-state index is 12.6. The summed E-state index contributed by atoms with van der Waals surface area (Å²) < 4.78 is 5.38. The van der Waals surface area contributed by atoms with Crippen molar-refractivity contribution in [3.05, 3.63) is 24.0 Å². The number of H-pyrrole nitrogens is 1. The van der Waals surface area contributed by atoms with E-state index >= 15 is 0 Å². The summed E-state index contributed by atoms with van der Waals surface area (Å²) in [5, 5.41) is 20.6. The van der Waals surface area contributed by atoms with Gasteiger partial charge in [-0.25, -0.2) is 14.6 Å². The number of piperidine rings is 1. The SMILES string of the molecule is O=C(NC1CCC(Nc2nccc(Nc3cc(C4CCCC4)[nH]n3)n2)CC1)NC1CCN(C(=O)OC2CC2)CC1. The minimum absolute atomic E-state index is 0.0804. The molecule has 1 aliphatic heterocycles. The normalized spacial score (nSPS) is 23.9. The average Bonchev–Trinajstić information content (AvgIpc) is 3.39. The van der Waals surface area contributed by atoms with Crippen LogP contribution in [0.25, 0.3) is 0 Å². The van der Waals surface area contributed by atoms with E-state index in [1.807, 2.05) is 6.07 Å². The number of amides is 3. The molecule has 0 radical (unpaired) electrons. The molecule has 3 heterocycles. The van der Waals surface area contributed by atoms with Gasteiger partial charge in [-0.15, -0.1) is 0 Å². The first-order valence-electron chi connectivity index (χ1n) is 15.0. The van der Waals surface area contributed by atoms with Gasteiger partial charge in [0.2, 0.25) is 5.95 Å². The van der Waals surface area contributed by atoms with Crippen LogP contribution in [-0.4, -0.2) is 74.5 Å². The molecular formula is C28H41N9O3. The standard InChI is InChI=1S/C28H41N9O3/c38-27(32-21-12-15-37(16-13-21)28(39)40-22-9-10-22)31-20-7-5-19(6-8-20)30-26-29-14-11-24(34-26)33-25-17-23(35-36-25)18-3-1-2-4-18/h11,14,17-22H,1-10,12-13,15-16H2,(H2,31,32,38)(H3,29,30,33,34,35,36). The summed E-state index contributed by atoms with van der Waals surface area (Å²) in [5.41, 5.74) is 1.20. The van der Waals surface area contributed by atoms with Crippen LogP contribution in [-0.2, 0) is 4.74 Å². The Morgan fingerprint density at radius 2 is 1.57 bits per heavy atom. The number of aromatic nitrogens is 4. The number of nitrogens with one attached hydrogen (secondary N) is 5. The Morgan fingerprint density at radius 1 is 0.875 bits per heavy atom. The summed E-state index contributed by atoms with van der Waals surface area (Å²) in [6.45, 7) is 1.24. The number of hydrogen-bond acceptors (Lipinski definition) is 8. The predicted molar refractivity (Wildman–Crippen MR) is 151 cm³/mol. The number of nitrogens with zero attached hydrogens (tertiary/aromatic N) is 4. The molecule has 0 aromatic carbocycles. The Balaban J connectivity index is 0.896. The number of urea groups is 1. The Hall–Kier alpha value is -3.57. The molecule has 0 atom stereocenters. The van der Waals surface area contributed by atoms with Crippen molar-refractivity contribution in [2.45, 2.75) is 107 Å². The van der Waals surface area contributed by atoms with Crippen molar-refractivity contribution >= 4 is 29.7 Å². The van der Waals surface area contributed by atoms with Gasteiger partial charge < -0.3 is 30.9 Å². The molecule has 0 spiro atoms. The van der Waals surface area contributed by atoms with Gasteiger partial charge in [0, 0.05) is 55.1 Å².